The van der Waals surface area contributed by atoms with Gasteiger partial charge in [0.2, 0.25) is 5.88 Å². The van der Waals surface area contributed by atoms with Crippen LogP contribution in [0, 0.1) is 0 Å². The molecule has 2 aromatic heterocycles. The van der Waals surface area contributed by atoms with E-state index in [-0.39, 0.29) is 0 Å². The minimum Gasteiger partial charge on any atom is -0.478 e. The third-order valence-electron chi connectivity index (χ3n) is 1.69. The first kappa shape index (κ1) is 8.68. The van der Waals surface area contributed by atoms with E-state index in [1.807, 2.05) is 13.1 Å². The zero-order valence-electron chi connectivity index (χ0n) is 7.79. The molecule has 0 saturated heterocycles. The average molecular weight is 190 g/mol. The van der Waals surface area contributed by atoms with Crippen LogP contribution in [0.1, 0.15) is 6.92 Å². The van der Waals surface area contributed by atoms with Crippen LogP contribution >= 0.6 is 0 Å². The van der Waals surface area contributed by atoms with Crippen molar-refractivity contribution in [2.75, 3.05) is 6.61 Å². The Balaban J connectivity index is 2.31. The van der Waals surface area contributed by atoms with Gasteiger partial charge in [-0.05, 0) is 6.92 Å². The highest BCUT2D eigenvalue weighted by atomic mass is 16.5. The summed E-state index contributed by atoms with van der Waals surface area (Å²) in [4.78, 5) is 12.0. The molecule has 14 heavy (non-hydrogen) atoms. The van der Waals surface area contributed by atoms with Gasteiger partial charge in [0.25, 0.3) is 0 Å². The maximum Gasteiger partial charge on any atom is 0.218 e. The minimum atomic E-state index is 0.575. The number of rotatable bonds is 3. The Morgan fingerprint density at radius 2 is 2.36 bits per heavy atom. The van der Waals surface area contributed by atoms with E-state index in [2.05, 4.69) is 15.0 Å². The zero-order chi connectivity index (χ0) is 9.80. The molecule has 0 aliphatic rings. The Bertz CT molecular complexity index is 399. The summed E-state index contributed by atoms with van der Waals surface area (Å²) in [5.74, 6) is 1.33. The molecule has 0 bridgehead atoms. The summed E-state index contributed by atoms with van der Waals surface area (Å²) in [6, 6.07) is 1.77. The molecule has 72 valence electrons. The van der Waals surface area contributed by atoms with Crippen molar-refractivity contribution in [3.05, 3.63) is 31.1 Å². The molecule has 2 rings (SSSR count). The number of hydrogen-bond acceptors (Lipinski definition) is 4. The van der Waals surface area contributed by atoms with Crippen LogP contribution < -0.4 is 4.74 Å². The highest BCUT2D eigenvalue weighted by Crippen LogP contribution is 2.09. The summed E-state index contributed by atoms with van der Waals surface area (Å²) in [6.45, 7) is 2.51. The van der Waals surface area contributed by atoms with Crippen molar-refractivity contribution in [3.63, 3.8) is 0 Å². The quantitative estimate of drug-likeness (QED) is 0.726. The predicted molar refractivity (Wildman–Crippen MR) is 50.3 cm³/mol. The van der Waals surface area contributed by atoms with Crippen LogP contribution in [-0.2, 0) is 0 Å². The second-order valence-electron chi connectivity index (χ2n) is 2.62. The predicted octanol–water partition coefficient (Wildman–Crippen LogP) is 1.06. The SMILES string of the molecule is CCOc1cc(-n2ccnc2)ncn1. The summed E-state index contributed by atoms with van der Waals surface area (Å²) in [5.41, 5.74) is 0. The molecule has 0 amide bonds. The lowest BCUT2D eigenvalue weighted by molar-refractivity contribution is 0.326. The third kappa shape index (κ3) is 1.71. The fourth-order valence-corrected chi connectivity index (χ4v) is 1.09. The Hall–Kier alpha value is -1.91. The molecule has 0 radical (unpaired) electrons. The van der Waals surface area contributed by atoms with E-state index in [1.165, 1.54) is 6.33 Å². The van der Waals surface area contributed by atoms with E-state index in [4.69, 9.17) is 4.74 Å². The van der Waals surface area contributed by atoms with Crippen molar-refractivity contribution in [1.29, 1.82) is 0 Å². The molecule has 0 aliphatic heterocycles. The first-order chi connectivity index (χ1) is 6.90. The van der Waals surface area contributed by atoms with Gasteiger partial charge in [-0.2, -0.15) is 0 Å². The molecule has 0 unspecified atom stereocenters. The van der Waals surface area contributed by atoms with Crippen molar-refractivity contribution in [2.45, 2.75) is 6.92 Å². The van der Waals surface area contributed by atoms with Crippen LogP contribution in [0.2, 0.25) is 0 Å². The second-order valence-corrected chi connectivity index (χ2v) is 2.62. The molecule has 5 heteroatoms. The van der Waals surface area contributed by atoms with Crippen LogP contribution in [0.25, 0.3) is 5.82 Å². The number of hydrogen-bond donors (Lipinski definition) is 0. The van der Waals surface area contributed by atoms with Gasteiger partial charge in [-0.3, -0.25) is 4.57 Å². The topological polar surface area (TPSA) is 52.8 Å². The third-order valence-corrected chi connectivity index (χ3v) is 1.69. The highest BCUT2D eigenvalue weighted by molar-refractivity contribution is 5.26. The molecule has 0 spiro atoms. The van der Waals surface area contributed by atoms with E-state index in [0.717, 1.165) is 5.82 Å². The molecule has 2 aromatic rings. The van der Waals surface area contributed by atoms with E-state index >= 15 is 0 Å². The fraction of sp³-hybridized carbons (Fsp3) is 0.222. The lowest BCUT2D eigenvalue weighted by Crippen LogP contribution is -1.99. The first-order valence-corrected chi connectivity index (χ1v) is 4.33. The Labute approximate surface area is 81.4 Å². The van der Waals surface area contributed by atoms with Crippen LogP contribution in [0.5, 0.6) is 5.88 Å². The molecule has 2 heterocycles. The zero-order valence-corrected chi connectivity index (χ0v) is 7.79. The van der Waals surface area contributed by atoms with Crippen LogP contribution in [0.15, 0.2) is 31.1 Å². The van der Waals surface area contributed by atoms with Crippen molar-refractivity contribution in [3.8, 4) is 11.7 Å². The van der Waals surface area contributed by atoms with Gasteiger partial charge in [0.15, 0.2) is 0 Å². The molecular weight excluding hydrogens is 180 g/mol. The monoisotopic (exact) mass is 190 g/mol. The molecule has 0 aromatic carbocycles. The minimum absolute atomic E-state index is 0.575. The summed E-state index contributed by atoms with van der Waals surface area (Å²) in [7, 11) is 0. The highest BCUT2D eigenvalue weighted by Gasteiger charge is 1.99. The standard InChI is InChI=1S/C9H10N4O/c1-2-14-9-5-8(11-6-12-9)13-4-3-10-7-13/h3-7H,2H2,1H3. The van der Waals surface area contributed by atoms with E-state index < -0.39 is 0 Å². The maximum atomic E-state index is 5.26. The summed E-state index contributed by atoms with van der Waals surface area (Å²) >= 11 is 0. The van der Waals surface area contributed by atoms with Gasteiger partial charge in [-0.15, -0.1) is 0 Å². The van der Waals surface area contributed by atoms with Crippen molar-refractivity contribution in [2.24, 2.45) is 0 Å². The molecule has 0 N–H and O–H groups in total. The van der Waals surface area contributed by atoms with Crippen LogP contribution in [0.4, 0.5) is 0 Å². The van der Waals surface area contributed by atoms with Gasteiger partial charge in [0, 0.05) is 18.5 Å². The van der Waals surface area contributed by atoms with Crippen LogP contribution in [-0.4, -0.2) is 26.1 Å². The van der Waals surface area contributed by atoms with Crippen molar-refractivity contribution < 1.29 is 4.74 Å². The fourth-order valence-electron chi connectivity index (χ4n) is 1.09. The van der Waals surface area contributed by atoms with Crippen molar-refractivity contribution >= 4 is 0 Å². The Kier molecular flexibility index (Phi) is 2.40. The number of ether oxygens (including phenoxy) is 1. The number of imidazole rings is 1. The molecule has 0 fully saturated rings. The number of aromatic nitrogens is 4. The molecule has 5 nitrogen and oxygen atoms in total. The van der Waals surface area contributed by atoms with E-state index in [0.29, 0.717) is 12.5 Å². The lowest BCUT2D eigenvalue weighted by atomic mass is 10.5. The van der Waals surface area contributed by atoms with E-state index in [1.54, 1.807) is 23.2 Å². The second kappa shape index (κ2) is 3.87. The first-order valence-electron chi connectivity index (χ1n) is 4.33. The van der Waals surface area contributed by atoms with Gasteiger partial charge in [0.05, 0.1) is 6.61 Å². The van der Waals surface area contributed by atoms with Gasteiger partial charge < -0.3 is 4.74 Å². The van der Waals surface area contributed by atoms with Crippen molar-refractivity contribution in [1.82, 2.24) is 19.5 Å². The van der Waals surface area contributed by atoms with Gasteiger partial charge >= 0.3 is 0 Å². The summed E-state index contributed by atoms with van der Waals surface area (Å²) in [5, 5.41) is 0. The van der Waals surface area contributed by atoms with E-state index in [9.17, 15) is 0 Å². The maximum absolute atomic E-state index is 5.26. The molecule has 0 aliphatic carbocycles. The molecule has 0 atom stereocenters. The van der Waals surface area contributed by atoms with Gasteiger partial charge in [-0.1, -0.05) is 0 Å². The van der Waals surface area contributed by atoms with Gasteiger partial charge in [-0.25, -0.2) is 15.0 Å². The largest absolute Gasteiger partial charge is 0.478 e. The Morgan fingerprint density at radius 1 is 1.43 bits per heavy atom. The Morgan fingerprint density at radius 3 is 3.07 bits per heavy atom. The van der Waals surface area contributed by atoms with Crippen LogP contribution in [0.3, 0.4) is 0 Å². The normalized spacial score (nSPS) is 10.1. The summed E-state index contributed by atoms with van der Waals surface area (Å²) < 4.78 is 7.06. The molecule has 0 saturated carbocycles. The molecular formula is C9H10N4O. The average Bonchev–Trinajstić information content (AvgIpc) is 2.71. The smallest absolute Gasteiger partial charge is 0.218 e. The van der Waals surface area contributed by atoms with Gasteiger partial charge in [0.1, 0.15) is 18.5 Å². The summed E-state index contributed by atoms with van der Waals surface area (Å²) in [6.07, 6.45) is 6.67. The number of nitrogens with zero attached hydrogens (tertiary/aromatic N) is 4. The lowest BCUT2D eigenvalue weighted by Gasteiger charge is -2.03.